The number of hydrogen-bond donors (Lipinski definition) is 1. The molecule has 3 atom stereocenters. The van der Waals surface area contributed by atoms with Gasteiger partial charge in [0, 0.05) is 13.0 Å². The summed E-state index contributed by atoms with van der Waals surface area (Å²) in [5.41, 5.74) is -1.49. The smallest absolute Gasteiger partial charge is 0.332 e. The van der Waals surface area contributed by atoms with Gasteiger partial charge < -0.3 is 9.84 Å². The fourth-order valence-electron chi connectivity index (χ4n) is 3.22. The van der Waals surface area contributed by atoms with Crippen molar-refractivity contribution >= 4 is 17.8 Å². The van der Waals surface area contributed by atoms with Gasteiger partial charge in [-0.25, -0.2) is 4.79 Å². The molecule has 0 saturated carbocycles. The molecule has 2 saturated heterocycles. The summed E-state index contributed by atoms with van der Waals surface area (Å²) in [6.45, 7) is 0.156. The molecular formula is C13H15NO5. The molecule has 3 rings (SSSR count). The predicted molar refractivity (Wildman–Crippen MR) is 63.0 cm³/mol. The lowest BCUT2D eigenvalue weighted by molar-refractivity contribution is -0.163. The Balaban J connectivity index is 1.99. The van der Waals surface area contributed by atoms with E-state index in [4.69, 9.17) is 4.74 Å². The first-order valence-electron chi connectivity index (χ1n) is 6.42. The van der Waals surface area contributed by atoms with Crippen LogP contribution in [0, 0.1) is 11.8 Å². The summed E-state index contributed by atoms with van der Waals surface area (Å²) in [5.74, 6) is -2.65. The number of carbonyl (C=O) groups is 3. The largest absolute Gasteiger partial charge is 0.479 e. The zero-order valence-electron chi connectivity index (χ0n) is 10.4. The van der Waals surface area contributed by atoms with Crippen LogP contribution in [-0.4, -0.2) is 46.5 Å². The van der Waals surface area contributed by atoms with Crippen LogP contribution in [0.3, 0.4) is 0 Å². The third kappa shape index (κ3) is 1.56. The lowest BCUT2D eigenvalue weighted by Gasteiger charge is -2.31. The standard InChI is InChI=1S/C13H15NO5/c15-10-8-3-1-2-4-9(8)11(16)14(10)13(12(17)18)5-6-19-7-13/h1-2,8-9H,3-7H2,(H,17,18)/t8-,9+,13?. The zero-order valence-corrected chi connectivity index (χ0v) is 10.4. The molecule has 19 heavy (non-hydrogen) atoms. The van der Waals surface area contributed by atoms with Crippen molar-refractivity contribution < 1.29 is 24.2 Å². The van der Waals surface area contributed by atoms with Gasteiger partial charge in [-0.1, -0.05) is 12.2 Å². The van der Waals surface area contributed by atoms with E-state index in [0.717, 1.165) is 4.90 Å². The Morgan fingerprint density at radius 2 is 1.84 bits per heavy atom. The first-order chi connectivity index (χ1) is 9.08. The first-order valence-corrected chi connectivity index (χ1v) is 6.42. The first kappa shape index (κ1) is 12.3. The quantitative estimate of drug-likeness (QED) is 0.569. The van der Waals surface area contributed by atoms with Gasteiger partial charge in [-0.2, -0.15) is 0 Å². The number of likely N-dealkylation sites (tertiary alicyclic amines) is 1. The average Bonchev–Trinajstić information content (AvgIpc) is 2.97. The summed E-state index contributed by atoms with van der Waals surface area (Å²) in [6.07, 6.45) is 4.97. The molecule has 0 radical (unpaired) electrons. The van der Waals surface area contributed by atoms with Crippen LogP contribution in [0.2, 0.25) is 0 Å². The van der Waals surface area contributed by atoms with E-state index in [1.54, 1.807) is 0 Å². The molecule has 3 aliphatic rings. The predicted octanol–water partition coefficient (Wildman–Crippen LogP) is 0.181. The fourth-order valence-corrected chi connectivity index (χ4v) is 3.22. The van der Waals surface area contributed by atoms with Crippen molar-refractivity contribution in [3.8, 4) is 0 Å². The van der Waals surface area contributed by atoms with Crippen LogP contribution >= 0.6 is 0 Å². The molecular weight excluding hydrogens is 250 g/mol. The summed E-state index contributed by atoms with van der Waals surface area (Å²) < 4.78 is 5.14. The summed E-state index contributed by atoms with van der Waals surface area (Å²) in [7, 11) is 0. The van der Waals surface area contributed by atoms with Crippen molar-refractivity contribution in [2.24, 2.45) is 11.8 Å². The number of carbonyl (C=O) groups excluding carboxylic acids is 2. The van der Waals surface area contributed by atoms with E-state index in [0.29, 0.717) is 12.8 Å². The van der Waals surface area contributed by atoms with Crippen LogP contribution in [0.15, 0.2) is 12.2 Å². The van der Waals surface area contributed by atoms with Gasteiger partial charge >= 0.3 is 5.97 Å². The monoisotopic (exact) mass is 265 g/mol. The van der Waals surface area contributed by atoms with Gasteiger partial charge in [0.05, 0.1) is 18.4 Å². The second-order valence-corrected chi connectivity index (χ2v) is 5.31. The summed E-state index contributed by atoms with van der Waals surface area (Å²) in [4.78, 5) is 37.3. The summed E-state index contributed by atoms with van der Waals surface area (Å²) >= 11 is 0. The van der Waals surface area contributed by atoms with Crippen LogP contribution < -0.4 is 0 Å². The van der Waals surface area contributed by atoms with Crippen molar-refractivity contribution in [3.05, 3.63) is 12.2 Å². The second kappa shape index (κ2) is 4.16. The number of carboxylic acids is 1. The molecule has 0 aromatic heterocycles. The van der Waals surface area contributed by atoms with Crippen molar-refractivity contribution in [2.45, 2.75) is 24.8 Å². The summed E-state index contributed by atoms with van der Waals surface area (Å²) in [6, 6.07) is 0. The Morgan fingerprint density at radius 1 is 1.26 bits per heavy atom. The van der Waals surface area contributed by atoms with Crippen molar-refractivity contribution in [1.29, 1.82) is 0 Å². The number of aliphatic carboxylic acids is 1. The Kier molecular flexibility index (Phi) is 2.70. The number of amides is 2. The maximum absolute atomic E-state index is 12.4. The van der Waals surface area contributed by atoms with E-state index in [1.165, 1.54) is 0 Å². The van der Waals surface area contributed by atoms with E-state index < -0.39 is 23.3 Å². The molecule has 6 heteroatoms. The van der Waals surface area contributed by atoms with Crippen LogP contribution in [0.4, 0.5) is 0 Å². The topological polar surface area (TPSA) is 83.9 Å². The molecule has 2 fully saturated rings. The Bertz CT molecular complexity index is 451. The maximum atomic E-state index is 12.4. The van der Waals surface area contributed by atoms with Gasteiger partial charge in [0.2, 0.25) is 11.8 Å². The third-order valence-electron chi connectivity index (χ3n) is 4.33. The average molecular weight is 265 g/mol. The number of ether oxygens (including phenoxy) is 1. The highest BCUT2D eigenvalue weighted by atomic mass is 16.5. The number of nitrogens with zero attached hydrogens (tertiary/aromatic N) is 1. The molecule has 2 aliphatic heterocycles. The van der Waals surface area contributed by atoms with Gasteiger partial charge in [0.15, 0.2) is 5.54 Å². The number of carboxylic acid groups (broad SMARTS) is 1. The molecule has 1 unspecified atom stereocenters. The van der Waals surface area contributed by atoms with Gasteiger partial charge in [0.25, 0.3) is 0 Å². The van der Waals surface area contributed by atoms with Crippen molar-refractivity contribution in [1.82, 2.24) is 4.90 Å². The molecule has 102 valence electrons. The van der Waals surface area contributed by atoms with Crippen LogP contribution in [0.1, 0.15) is 19.3 Å². The fraction of sp³-hybridized carbons (Fsp3) is 0.615. The zero-order chi connectivity index (χ0) is 13.6. The SMILES string of the molecule is O=C1[C@H]2CC=CC[C@H]2C(=O)N1C1(C(=O)O)CCOC1. The highest BCUT2D eigenvalue weighted by Gasteiger charge is 2.60. The Labute approximate surface area is 110 Å². The highest BCUT2D eigenvalue weighted by Crippen LogP contribution is 2.41. The van der Waals surface area contributed by atoms with E-state index in [2.05, 4.69) is 0 Å². The van der Waals surface area contributed by atoms with Crippen LogP contribution in [0.25, 0.3) is 0 Å². The van der Waals surface area contributed by atoms with E-state index in [9.17, 15) is 19.5 Å². The number of allylic oxidation sites excluding steroid dienone is 2. The van der Waals surface area contributed by atoms with Crippen molar-refractivity contribution in [2.75, 3.05) is 13.2 Å². The normalized spacial score (nSPS) is 37.8. The molecule has 0 bridgehead atoms. The molecule has 0 spiro atoms. The molecule has 1 aliphatic carbocycles. The highest BCUT2D eigenvalue weighted by molar-refractivity contribution is 6.09. The van der Waals surface area contributed by atoms with Gasteiger partial charge in [-0.3, -0.25) is 14.5 Å². The molecule has 0 aromatic carbocycles. The van der Waals surface area contributed by atoms with Crippen LogP contribution in [0.5, 0.6) is 0 Å². The van der Waals surface area contributed by atoms with Crippen molar-refractivity contribution in [3.63, 3.8) is 0 Å². The second-order valence-electron chi connectivity index (χ2n) is 5.31. The number of hydrogen-bond acceptors (Lipinski definition) is 4. The Morgan fingerprint density at radius 3 is 2.26 bits per heavy atom. The third-order valence-corrected chi connectivity index (χ3v) is 4.33. The molecule has 0 aromatic rings. The van der Waals surface area contributed by atoms with E-state index >= 15 is 0 Å². The number of imide groups is 1. The molecule has 6 nitrogen and oxygen atoms in total. The van der Waals surface area contributed by atoms with Gasteiger partial charge in [-0.15, -0.1) is 0 Å². The Hall–Kier alpha value is -1.69. The lowest BCUT2D eigenvalue weighted by atomic mass is 9.85. The lowest BCUT2D eigenvalue weighted by Crippen LogP contribution is -2.58. The molecule has 2 amide bonds. The molecule has 2 heterocycles. The minimum absolute atomic E-state index is 0.104. The minimum Gasteiger partial charge on any atom is -0.479 e. The number of rotatable bonds is 2. The minimum atomic E-state index is -1.49. The summed E-state index contributed by atoms with van der Waals surface area (Å²) in [5, 5.41) is 9.45. The van der Waals surface area contributed by atoms with Gasteiger partial charge in [0.1, 0.15) is 0 Å². The maximum Gasteiger partial charge on any atom is 0.332 e. The molecule has 1 N–H and O–H groups in total. The van der Waals surface area contributed by atoms with E-state index in [1.807, 2.05) is 12.2 Å². The van der Waals surface area contributed by atoms with E-state index in [-0.39, 0.29) is 31.4 Å². The van der Waals surface area contributed by atoms with Gasteiger partial charge in [-0.05, 0) is 12.8 Å². The van der Waals surface area contributed by atoms with Crippen LogP contribution in [-0.2, 0) is 19.1 Å². The number of fused-ring (bicyclic) bond motifs is 1.